The van der Waals surface area contributed by atoms with Gasteiger partial charge >= 0.3 is 0 Å². The average Bonchev–Trinajstić information content (AvgIpc) is 4.16. The summed E-state index contributed by atoms with van der Waals surface area (Å²) in [6.07, 6.45) is 0. The molecule has 0 spiro atoms. The van der Waals surface area contributed by atoms with E-state index in [-0.39, 0.29) is 0 Å². The SMILES string of the molecule is c1ccc2c(c1)oc1c2ccc2c3ccccc3n(-c3ccc(-c4ccc5ccc6c(-c7ccc(-n8c9ccccc9c9ccc%10c%11ccccc%11oc%10c98)cc7)ccc7ccc4c5c76)cc3)c21. The Morgan fingerprint density at radius 3 is 1.09 bits per heavy atom. The van der Waals surface area contributed by atoms with Gasteiger partial charge in [0.25, 0.3) is 0 Å². The molecule has 16 rings (SSSR count). The van der Waals surface area contributed by atoms with E-state index in [0.717, 1.165) is 77.3 Å². The Hall–Kier alpha value is -9.12. The zero-order valence-electron chi connectivity index (χ0n) is 36.5. The highest BCUT2D eigenvalue weighted by Gasteiger charge is 2.22. The van der Waals surface area contributed by atoms with Crippen molar-refractivity contribution in [1.29, 1.82) is 0 Å². The van der Waals surface area contributed by atoms with Gasteiger partial charge in [-0.1, -0.05) is 158 Å². The molecule has 314 valence electrons. The second kappa shape index (κ2) is 13.3. The van der Waals surface area contributed by atoms with Crippen LogP contribution in [0.1, 0.15) is 0 Å². The van der Waals surface area contributed by atoms with Gasteiger partial charge in [0.2, 0.25) is 0 Å². The number of benzene rings is 12. The fraction of sp³-hybridized carbons (Fsp3) is 0. The van der Waals surface area contributed by atoms with E-state index in [4.69, 9.17) is 8.83 Å². The van der Waals surface area contributed by atoms with Gasteiger partial charge in [0.15, 0.2) is 11.2 Å². The van der Waals surface area contributed by atoms with E-state index in [1.807, 2.05) is 12.1 Å². The van der Waals surface area contributed by atoms with Crippen LogP contribution in [0.4, 0.5) is 0 Å². The van der Waals surface area contributed by atoms with Crippen molar-refractivity contribution in [2.45, 2.75) is 0 Å². The molecule has 4 nitrogen and oxygen atoms in total. The van der Waals surface area contributed by atoms with Crippen LogP contribution < -0.4 is 0 Å². The molecule has 0 bridgehead atoms. The summed E-state index contributed by atoms with van der Waals surface area (Å²) in [5, 5.41) is 16.9. The van der Waals surface area contributed by atoms with Crippen LogP contribution in [0.25, 0.3) is 153 Å². The van der Waals surface area contributed by atoms with Crippen molar-refractivity contribution < 1.29 is 8.83 Å². The smallest absolute Gasteiger partial charge is 0.160 e. The molecule has 4 heterocycles. The van der Waals surface area contributed by atoms with E-state index >= 15 is 0 Å². The summed E-state index contributed by atoms with van der Waals surface area (Å²) < 4.78 is 18.0. The highest BCUT2D eigenvalue weighted by molar-refractivity contribution is 6.28. The van der Waals surface area contributed by atoms with Crippen LogP contribution in [0.2, 0.25) is 0 Å². The molecule has 0 aliphatic carbocycles. The topological polar surface area (TPSA) is 36.1 Å². The average molecular weight is 865 g/mol. The molecule has 16 aromatic rings. The van der Waals surface area contributed by atoms with E-state index in [1.54, 1.807) is 0 Å². The quantitative estimate of drug-likeness (QED) is 0.165. The first-order valence-corrected chi connectivity index (χ1v) is 23.3. The normalized spacial score (nSPS) is 12.4. The van der Waals surface area contributed by atoms with E-state index < -0.39 is 0 Å². The third-order valence-corrected chi connectivity index (χ3v) is 14.9. The molecule has 0 N–H and O–H groups in total. The third-order valence-electron chi connectivity index (χ3n) is 14.9. The number of furan rings is 2. The lowest BCUT2D eigenvalue weighted by atomic mass is 9.87. The van der Waals surface area contributed by atoms with Crippen molar-refractivity contribution in [1.82, 2.24) is 9.13 Å². The summed E-state index contributed by atoms with van der Waals surface area (Å²) >= 11 is 0. The summed E-state index contributed by atoms with van der Waals surface area (Å²) in [4.78, 5) is 0. The molecular formula is C64H36N2O2. The Morgan fingerprint density at radius 1 is 0.265 bits per heavy atom. The Morgan fingerprint density at radius 2 is 0.632 bits per heavy atom. The summed E-state index contributed by atoms with van der Waals surface area (Å²) in [6.45, 7) is 0. The fourth-order valence-electron chi connectivity index (χ4n) is 11.9. The number of aromatic nitrogens is 2. The highest BCUT2D eigenvalue weighted by Crippen LogP contribution is 2.45. The van der Waals surface area contributed by atoms with Crippen molar-refractivity contribution in [2.24, 2.45) is 0 Å². The summed E-state index contributed by atoms with van der Waals surface area (Å²) in [5.41, 5.74) is 15.2. The molecule has 0 saturated heterocycles. The molecule has 0 aliphatic heterocycles. The molecule has 0 fully saturated rings. The lowest BCUT2D eigenvalue weighted by molar-refractivity contribution is 0.670. The fourth-order valence-corrected chi connectivity index (χ4v) is 11.9. The Kier molecular flexibility index (Phi) is 7.04. The first-order valence-electron chi connectivity index (χ1n) is 23.3. The van der Waals surface area contributed by atoms with Crippen LogP contribution >= 0.6 is 0 Å². The predicted molar refractivity (Wildman–Crippen MR) is 284 cm³/mol. The minimum atomic E-state index is 0.905. The number of para-hydroxylation sites is 4. The zero-order chi connectivity index (χ0) is 44.2. The Labute approximate surface area is 388 Å². The van der Waals surface area contributed by atoms with Crippen LogP contribution in [0.15, 0.2) is 227 Å². The number of rotatable bonds is 4. The predicted octanol–water partition coefficient (Wildman–Crippen LogP) is 17.9. The van der Waals surface area contributed by atoms with Crippen molar-refractivity contribution in [2.75, 3.05) is 0 Å². The highest BCUT2D eigenvalue weighted by atomic mass is 16.3. The first-order chi connectivity index (χ1) is 33.7. The number of hydrogen-bond donors (Lipinski definition) is 0. The molecule has 4 heteroatoms. The van der Waals surface area contributed by atoms with Gasteiger partial charge in [-0.15, -0.1) is 0 Å². The van der Waals surface area contributed by atoms with Gasteiger partial charge < -0.3 is 18.0 Å². The van der Waals surface area contributed by atoms with E-state index in [1.165, 1.54) is 76.1 Å². The van der Waals surface area contributed by atoms with Crippen LogP contribution in [0.3, 0.4) is 0 Å². The molecule has 4 aromatic heterocycles. The minimum absolute atomic E-state index is 0.905. The molecule has 0 atom stereocenters. The van der Waals surface area contributed by atoms with Crippen molar-refractivity contribution >= 4 is 120 Å². The number of hydrogen-bond acceptors (Lipinski definition) is 2. The van der Waals surface area contributed by atoms with Crippen LogP contribution in [-0.2, 0) is 0 Å². The lowest BCUT2D eigenvalue weighted by Gasteiger charge is -2.17. The molecule has 68 heavy (non-hydrogen) atoms. The van der Waals surface area contributed by atoms with E-state index in [0.29, 0.717) is 0 Å². The number of nitrogens with zero attached hydrogens (tertiary/aromatic N) is 2. The molecule has 0 unspecified atom stereocenters. The summed E-state index contributed by atoms with van der Waals surface area (Å²) in [5.74, 6) is 0. The first kappa shape index (κ1) is 36.1. The van der Waals surface area contributed by atoms with Gasteiger partial charge in [0.05, 0.1) is 22.1 Å². The van der Waals surface area contributed by atoms with Crippen LogP contribution in [-0.4, -0.2) is 9.13 Å². The molecule has 12 aromatic carbocycles. The lowest BCUT2D eigenvalue weighted by Crippen LogP contribution is -1.95. The zero-order valence-corrected chi connectivity index (χ0v) is 36.5. The maximum Gasteiger partial charge on any atom is 0.160 e. The second-order valence-corrected chi connectivity index (χ2v) is 18.3. The summed E-state index contributed by atoms with van der Waals surface area (Å²) in [6, 6.07) is 79.6. The van der Waals surface area contributed by atoms with Gasteiger partial charge in [-0.05, 0) is 115 Å². The third kappa shape index (κ3) is 4.77. The maximum atomic E-state index is 6.64. The van der Waals surface area contributed by atoms with Gasteiger partial charge in [0.1, 0.15) is 11.2 Å². The van der Waals surface area contributed by atoms with Crippen molar-refractivity contribution in [3.8, 4) is 33.6 Å². The Bertz CT molecular complexity index is 4470. The van der Waals surface area contributed by atoms with Gasteiger partial charge in [0, 0.05) is 54.5 Å². The van der Waals surface area contributed by atoms with E-state index in [9.17, 15) is 0 Å². The number of fused-ring (bicyclic) bond motifs is 14. The Balaban J connectivity index is 0.823. The van der Waals surface area contributed by atoms with Gasteiger partial charge in [-0.3, -0.25) is 0 Å². The van der Waals surface area contributed by atoms with Crippen LogP contribution in [0.5, 0.6) is 0 Å². The van der Waals surface area contributed by atoms with E-state index in [2.05, 4.69) is 215 Å². The van der Waals surface area contributed by atoms with Crippen LogP contribution in [0, 0.1) is 0 Å². The van der Waals surface area contributed by atoms with Crippen molar-refractivity contribution in [3.63, 3.8) is 0 Å². The standard InChI is InChI=1S/C64H36N2O2/c1-5-13-55-45(9-1)51-33-35-53-47-11-3-7-15-57(47)67-63(53)61(51)65(55)41-25-17-37(18-26-41)43-29-21-39-24-32-50-44(30-22-40-23-31-49(43)59(39)60(40)50)38-19-27-42(28-20-38)66-56-14-6-2-10-46(56)52-34-36-54-48-12-4-8-16-58(48)68-64(54)62(52)66/h1-36H. The summed E-state index contributed by atoms with van der Waals surface area (Å²) in [7, 11) is 0. The molecule has 0 amide bonds. The molecule has 0 saturated carbocycles. The van der Waals surface area contributed by atoms with Gasteiger partial charge in [-0.2, -0.15) is 0 Å². The minimum Gasteiger partial charge on any atom is -0.454 e. The second-order valence-electron chi connectivity index (χ2n) is 18.3. The monoisotopic (exact) mass is 864 g/mol. The largest absolute Gasteiger partial charge is 0.454 e. The van der Waals surface area contributed by atoms with Gasteiger partial charge in [-0.25, -0.2) is 0 Å². The molecule has 0 radical (unpaired) electrons. The molecule has 0 aliphatic rings. The maximum absolute atomic E-state index is 6.64. The molecular weight excluding hydrogens is 829 g/mol. The van der Waals surface area contributed by atoms with Crippen molar-refractivity contribution in [3.05, 3.63) is 218 Å².